The van der Waals surface area contributed by atoms with Crippen LogP contribution in [0.5, 0.6) is 0 Å². The summed E-state index contributed by atoms with van der Waals surface area (Å²) in [5.74, 6) is -2.22. The van der Waals surface area contributed by atoms with E-state index >= 15 is 0 Å². The van der Waals surface area contributed by atoms with E-state index < -0.39 is 17.6 Å². The first-order valence-electron chi connectivity index (χ1n) is 6.13. The SMILES string of the molecule is O=C(O)Cc1ccc(CNc2c(F)cc(F)cc2Br)cc1. The highest BCUT2D eigenvalue weighted by Crippen LogP contribution is 2.27. The summed E-state index contributed by atoms with van der Waals surface area (Å²) in [5, 5.41) is 11.6. The largest absolute Gasteiger partial charge is 0.481 e. The van der Waals surface area contributed by atoms with Crippen LogP contribution >= 0.6 is 15.9 Å². The zero-order valence-corrected chi connectivity index (χ0v) is 12.5. The number of hydrogen-bond donors (Lipinski definition) is 2. The Morgan fingerprint density at radius 2 is 1.76 bits per heavy atom. The van der Waals surface area contributed by atoms with E-state index in [2.05, 4.69) is 21.2 Å². The zero-order valence-electron chi connectivity index (χ0n) is 10.9. The number of carbonyl (C=O) groups is 1. The van der Waals surface area contributed by atoms with Gasteiger partial charge in [-0.25, -0.2) is 8.78 Å². The molecule has 0 heterocycles. The normalized spacial score (nSPS) is 10.4. The molecule has 0 saturated heterocycles. The molecule has 0 aliphatic carbocycles. The Bertz CT molecular complexity index is 636. The lowest BCUT2D eigenvalue weighted by Crippen LogP contribution is -2.04. The van der Waals surface area contributed by atoms with Crippen molar-refractivity contribution in [1.29, 1.82) is 0 Å². The van der Waals surface area contributed by atoms with Gasteiger partial charge in [0.25, 0.3) is 0 Å². The third-order valence-corrected chi connectivity index (χ3v) is 3.48. The predicted octanol–water partition coefficient (Wildman–Crippen LogP) is 3.97. The molecule has 0 amide bonds. The van der Waals surface area contributed by atoms with E-state index in [0.717, 1.165) is 11.6 Å². The lowest BCUT2D eigenvalue weighted by atomic mass is 10.1. The minimum absolute atomic E-state index is 0.0359. The number of anilines is 1. The van der Waals surface area contributed by atoms with Crippen molar-refractivity contribution < 1.29 is 18.7 Å². The average Bonchev–Trinajstić information content (AvgIpc) is 2.38. The second-order valence-electron chi connectivity index (χ2n) is 4.49. The summed E-state index contributed by atoms with van der Waals surface area (Å²) in [6, 6.07) is 8.94. The molecule has 3 nitrogen and oxygen atoms in total. The summed E-state index contributed by atoms with van der Waals surface area (Å²) >= 11 is 3.10. The van der Waals surface area contributed by atoms with Gasteiger partial charge in [-0.1, -0.05) is 24.3 Å². The molecule has 2 aromatic carbocycles. The summed E-state index contributed by atoms with van der Waals surface area (Å²) in [6.07, 6.45) is -0.0359. The van der Waals surface area contributed by atoms with E-state index in [4.69, 9.17) is 5.11 Å². The second-order valence-corrected chi connectivity index (χ2v) is 5.34. The summed E-state index contributed by atoms with van der Waals surface area (Å²) in [6.45, 7) is 0.342. The van der Waals surface area contributed by atoms with Crippen LogP contribution in [0, 0.1) is 11.6 Å². The molecule has 2 aromatic rings. The molecule has 0 unspecified atom stereocenters. The summed E-state index contributed by atoms with van der Waals surface area (Å²) < 4.78 is 26.9. The molecule has 0 fully saturated rings. The van der Waals surface area contributed by atoms with Crippen molar-refractivity contribution in [2.45, 2.75) is 13.0 Å². The summed E-state index contributed by atoms with van der Waals surface area (Å²) in [4.78, 5) is 10.6. The third-order valence-electron chi connectivity index (χ3n) is 2.85. The molecule has 0 radical (unpaired) electrons. The monoisotopic (exact) mass is 355 g/mol. The van der Waals surface area contributed by atoms with E-state index in [0.29, 0.717) is 16.6 Å². The molecule has 2 rings (SSSR count). The van der Waals surface area contributed by atoms with Crippen molar-refractivity contribution in [3.8, 4) is 0 Å². The molecule has 0 aliphatic rings. The third kappa shape index (κ3) is 4.26. The maximum absolute atomic E-state index is 13.6. The Kier molecular flexibility index (Phi) is 4.90. The first-order valence-corrected chi connectivity index (χ1v) is 6.93. The van der Waals surface area contributed by atoms with Gasteiger partial charge in [-0.3, -0.25) is 4.79 Å². The van der Waals surface area contributed by atoms with Crippen LogP contribution in [-0.4, -0.2) is 11.1 Å². The minimum atomic E-state index is -0.891. The van der Waals surface area contributed by atoms with Crippen molar-refractivity contribution in [3.63, 3.8) is 0 Å². The molecule has 0 aromatic heterocycles. The topological polar surface area (TPSA) is 49.3 Å². The smallest absolute Gasteiger partial charge is 0.307 e. The zero-order chi connectivity index (χ0) is 15.4. The van der Waals surface area contributed by atoms with Crippen LogP contribution in [0.15, 0.2) is 40.9 Å². The maximum Gasteiger partial charge on any atom is 0.307 e. The Balaban J connectivity index is 2.05. The highest BCUT2D eigenvalue weighted by Gasteiger charge is 2.09. The fourth-order valence-corrected chi connectivity index (χ4v) is 2.40. The van der Waals surface area contributed by atoms with Crippen LogP contribution < -0.4 is 5.32 Å². The molecular formula is C15H12BrF2NO2. The summed E-state index contributed by atoms with van der Waals surface area (Å²) in [5.41, 5.74) is 1.74. The first kappa shape index (κ1) is 15.4. The number of benzene rings is 2. The lowest BCUT2D eigenvalue weighted by molar-refractivity contribution is -0.136. The van der Waals surface area contributed by atoms with Gasteiger partial charge in [-0.05, 0) is 33.1 Å². The van der Waals surface area contributed by atoms with Crippen LogP contribution in [-0.2, 0) is 17.8 Å². The lowest BCUT2D eigenvalue weighted by Gasteiger charge is -2.10. The van der Waals surface area contributed by atoms with Gasteiger partial charge >= 0.3 is 5.97 Å². The Morgan fingerprint density at radius 1 is 1.14 bits per heavy atom. The number of rotatable bonds is 5. The molecule has 0 atom stereocenters. The molecular weight excluding hydrogens is 344 g/mol. The Hall–Kier alpha value is -1.95. The molecule has 0 saturated carbocycles. The van der Waals surface area contributed by atoms with Gasteiger partial charge in [0.15, 0.2) is 0 Å². The number of carboxylic acid groups (broad SMARTS) is 1. The van der Waals surface area contributed by atoms with Crippen LogP contribution in [0.3, 0.4) is 0 Å². The molecule has 6 heteroatoms. The Labute approximate surface area is 128 Å². The first-order chi connectivity index (χ1) is 9.95. The quantitative estimate of drug-likeness (QED) is 0.853. The van der Waals surface area contributed by atoms with Gasteiger partial charge in [-0.15, -0.1) is 0 Å². The van der Waals surface area contributed by atoms with Crippen molar-refractivity contribution in [2.75, 3.05) is 5.32 Å². The minimum Gasteiger partial charge on any atom is -0.481 e. The molecule has 2 N–H and O–H groups in total. The van der Waals surface area contributed by atoms with Gasteiger partial charge < -0.3 is 10.4 Å². The Morgan fingerprint density at radius 3 is 2.33 bits per heavy atom. The van der Waals surface area contributed by atoms with E-state index in [-0.39, 0.29) is 12.1 Å². The predicted molar refractivity (Wildman–Crippen MR) is 79.2 cm³/mol. The molecule has 0 aliphatic heterocycles. The van der Waals surface area contributed by atoms with Crippen molar-refractivity contribution in [3.05, 3.63) is 63.6 Å². The van der Waals surface area contributed by atoms with Crippen molar-refractivity contribution in [1.82, 2.24) is 0 Å². The maximum atomic E-state index is 13.6. The van der Waals surface area contributed by atoms with Crippen LogP contribution in [0.1, 0.15) is 11.1 Å². The number of hydrogen-bond acceptors (Lipinski definition) is 2. The molecule has 21 heavy (non-hydrogen) atoms. The van der Waals surface area contributed by atoms with Gasteiger partial charge in [0.2, 0.25) is 0 Å². The van der Waals surface area contributed by atoms with Crippen LogP contribution in [0.4, 0.5) is 14.5 Å². The van der Waals surface area contributed by atoms with E-state index in [1.165, 1.54) is 6.07 Å². The average molecular weight is 356 g/mol. The number of carboxylic acids is 1. The van der Waals surface area contributed by atoms with Crippen molar-refractivity contribution in [2.24, 2.45) is 0 Å². The van der Waals surface area contributed by atoms with Gasteiger partial charge in [0.05, 0.1) is 12.1 Å². The fraction of sp³-hybridized carbons (Fsp3) is 0.133. The van der Waals surface area contributed by atoms with Gasteiger partial charge in [0, 0.05) is 17.1 Å². The van der Waals surface area contributed by atoms with Crippen LogP contribution in [0.25, 0.3) is 0 Å². The number of nitrogens with one attached hydrogen (secondary N) is 1. The standard InChI is InChI=1S/C15H12BrF2NO2/c16-12-6-11(17)7-13(18)15(12)19-8-10-3-1-9(2-4-10)5-14(20)21/h1-4,6-7,19H,5,8H2,(H,20,21). The van der Waals surface area contributed by atoms with E-state index in [1.54, 1.807) is 24.3 Å². The molecule has 0 bridgehead atoms. The second kappa shape index (κ2) is 6.67. The van der Waals surface area contributed by atoms with E-state index in [9.17, 15) is 13.6 Å². The van der Waals surface area contributed by atoms with Crippen LogP contribution in [0.2, 0.25) is 0 Å². The van der Waals surface area contributed by atoms with E-state index in [1.807, 2.05) is 0 Å². The highest BCUT2D eigenvalue weighted by atomic mass is 79.9. The molecule has 0 spiro atoms. The summed E-state index contributed by atoms with van der Waals surface area (Å²) in [7, 11) is 0. The van der Waals surface area contributed by atoms with Crippen molar-refractivity contribution >= 4 is 27.6 Å². The highest BCUT2D eigenvalue weighted by molar-refractivity contribution is 9.10. The molecule has 110 valence electrons. The number of aliphatic carboxylic acids is 1. The fourth-order valence-electron chi connectivity index (χ4n) is 1.85. The van der Waals surface area contributed by atoms with Gasteiger partial charge in [-0.2, -0.15) is 0 Å². The van der Waals surface area contributed by atoms with Gasteiger partial charge in [0.1, 0.15) is 11.6 Å². The number of halogens is 3.